The molecule has 0 saturated carbocycles. The van der Waals surface area contributed by atoms with Gasteiger partial charge in [0.1, 0.15) is 16.7 Å². The summed E-state index contributed by atoms with van der Waals surface area (Å²) < 4.78 is 5.48. The zero-order chi connectivity index (χ0) is 17.0. The molecule has 0 unspecified atom stereocenters. The van der Waals surface area contributed by atoms with Gasteiger partial charge in [-0.1, -0.05) is 18.5 Å². The molecule has 0 spiro atoms. The minimum absolute atomic E-state index is 0.166. The quantitative estimate of drug-likeness (QED) is 0.817. The summed E-state index contributed by atoms with van der Waals surface area (Å²) in [6.07, 6.45) is 2.79. The number of hydrogen-bond acceptors (Lipinski definition) is 6. The minimum atomic E-state index is 0.166. The summed E-state index contributed by atoms with van der Waals surface area (Å²) in [5.41, 5.74) is 8.70. The number of pyridine rings is 1. The van der Waals surface area contributed by atoms with Crippen LogP contribution in [0.15, 0.2) is 12.3 Å². The molecule has 0 aliphatic carbocycles. The maximum absolute atomic E-state index is 6.00. The third-order valence-electron chi connectivity index (χ3n) is 3.61. The van der Waals surface area contributed by atoms with Crippen molar-refractivity contribution in [2.45, 2.75) is 33.7 Å². The van der Waals surface area contributed by atoms with E-state index < -0.39 is 0 Å². The van der Waals surface area contributed by atoms with Gasteiger partial charge in [0.05, 0.1) is 19.3 Å². The highest BCUT2D eigenvalue weighted by Crippen LogP contribution is 2.26. The van der Waals surface area contributed by atoms with Crippen LogP contribution in [0.4, 0.5) is 11.8 Å². The fourth-order valence-corrected chi connectivity index (χ4v) is 2.72. The van der Waals surface area contributed by atoms with E-state index in [1.807, 2.05) is 20.0 Å². The van der Waals surface area contributed by atoms with Crippen LogP contribution in [0.5, 0.6) is 5.75 Å². The zero-order valence-corrected chi connectivity index (χ0v) is 14.7. The number of aryl methyl sites for hydroxylation is 1. The summed E-state index contributed by atoms with van der Waals surface area (Å²) in [6, 6.07) is 1.72. The van der Waals surface area contributed by atoms with Gasteiger partial charge in [0.2, 0.25) is 5.95 Å². The molecule has 0 aliphatic rings. The van der Waals surface area contributed by atoms with Crippen molar-refractivity contribution >= 4 is 23.4 Å². The number of aromatic nitrogens is 3. The number of hydrogen-bond donors (Lipinski definition) is 1. The Kier molecular flexibility index (Phi) is 5.60. The molecule has 7 heteroatoms. The second-order valence-electron chi connectivity index (χ2n) is 5.37. The predicted molar refractivity (Wildman–Crippen MR) is 93.1 cm³/mol. The molecule has 2 N–H and O–H groups in total. The Bertz CT molecular complexity index is 672. The average Bonchev–Trinajstić information content (AvgIpc) is 2.49. The van der Waals surface area contributed by atoms with Crippen molar-refractivity contribution in [2.24, 2.45) is 0 Å². The van der Waals surface area contributed by atoms with Gasteiger partial charge in [-0.05, 0) is 20.3 Å². The molecule has 0 saturated heterocycles. The van der Waals surface area contributed by atoms with Crippen LogP contribution in [-0.2, 0) is 6.54 Å². The molecular weight excluding hydrogens is 314 g/mol. The van der Waals surface area contributed by atoms with E-state index in [2.05, 4.69) is 26.8 Å². The molecule has 0 aromatic carbocycles. The molecule has 2 aromatic rings. The first kappa shape index (κ1) is 17.3. The van der Waals surface area contributed by atoms with E-state index in [1.54, 1.807) is 13.2 Å². The summed E-state index contributed by atoms with van der Waals surface area (Å²) in [5.74, 6) is 1.73. The Morgan fingerprint density at radius 2 is 2.04 bits per heavy atom. The largest absolute Gasteiger partial charge is 0.496 e. The van der Waals surface area contributed by atoms with Gasteiger partial charge < -0.3 is 15.4 Å². The van der Waals surface area contributed by atoms with Crippen molar-refractivity contribution in [3.63, 3.8) is 0 Å². The monoisotopic (exact) mass is 335 g/mol. The van der Waals surface area contributed by atoms with Crippen molar-refractivity contribution in [2.75, 3.05) is 24.3 Å². The summed E-state index contributed by atoms with van der Waals surface area (Å²) in [5, 5.41) is 0.333. The summed E-state index contributed by atoms with van der Waals surface area (Å²) in [6.45, 7) is 7.51. The van der Waals surface area contributed by atoms with Gasteiger partial charge in [0.15, 0.2) is 0 Å². The van der Waals surface area contributed by atoms with Crippen LogP contribution >= 0.6 is 11.6 Å². The first-order valence-electron chi connectivity index (χ1n) is 7.50. The lowest BCUT2D eigenvalue weighted by molar-refractivity contribution is 0.406. The average molecular weight is 336 g/mol. The second-order valence-corrected chi connectivity index (χ2v) is 5.76. The normalized spacial score (nSPS) is 10.7. The summed E-state index contributed by atoms with van der Waals surface area (Å²) in [4.78, 5) is 14.8. The third-order valence-corrected chi connectivity index (χ3v) is 3.80. The molecule has 0 amide bonds. The number of ether oxygens (including phenoxy) is 1. The Morgan fingerprint density at radius 1 is 1.30 bits per heavy atom. The number of nitrogens with zero attached hydrogens (tertiary/aromatic N) is 4. The Balaban J connectivity index is 2.37. The molecule has 0 radical (unpaired) electrons. The smallest absolute Gasteiger partial charge is 0.223 e. The summed E-state index contributed by atoms with van der Waals surface area (Å²) in [7, 11) is 1.67. The van der Waals surface area contributed by atoms with Crippen molar-refractivity contribution < 1.29 is 4.74 Å². The molecule has 0 aliphatic heterocycles. The van der Waals surface area contributed by atoms with Gasteiger partial charge in [-0.15, -0.1) is 0 Å². The first-order chi connectivity index (χ1) is 11.0. The molecule has 2 aromatic heterocycles. The molecule has 0 bridgehead atoms. The topological polar surface area (TPSA) is 77.2 Å². The van der Waals surface area contributed by atoms with Gasteiger partial charge in [0, 0.05) is 29.9 Å². The Hall–Kier alpha value is -2.08. The molecule has 0 atom stereocenters. The van der Waals surface area contributed by atoms with E-state index in [0.29, 0.717) is 17.5 Å². The summed E-state index contributed by atoms with van der Waals surface area (Å²) >= 11 is 6.00. The standard InChI is InChI=1S/C16H22ClN5O/c1-5-6-22(14-7-13(17)20-16(18)21-14)9-12-11(3)15(23-4)10(2)8-19-12/h7-8H,5-6,9H2,1-4H3,(H2,18,20,21). The van der Waals surface area contributed by atoms with E-state index in [-0.39, 0.29) is 5.95 Å². The first-order valence-corrected chi connectivity index (χ1v) is 7.88. The number of nitrogens with two attached hydrogens (primary N) is 1. The van der Waals surface area contributed by atoms with Gasteiger partial charge in [0.25, 0.3) is 0 Å². The van der Waals surface area contributed by atoms with E-state index in [4.69, 9.17) is 22.1 Å². The van der Waals surface area contributed by atoms with E-state index in [9.17, 15) is 0 Å². The predicted octanol–water partition coefficient (Wildman–Crippen LogP) is 3.15. The highest BCUT2D eigenvalue weighted by atomic mass is 35.5. The van der Waals surface area contributed by atoms with E-state index in [1.165, 1.54) is 0 Å². The Labute approximate surface area is 141 Å². The van der Waals surface area contributed by atoms with Crippen LogP contribution in [0, 0.1) is 13.8 Å². The van der Waals surface area contributed by atoms with Gasteiger partial charge in [-0.2, -0.15) is 4.98 Å². The highest BCUT2D eigenvalue weighted by molar-refractivity contribution is 6.29. The van der Waals surface area contributed by atoms with Crippen LogP contribution in [-0.4, -0.2) is 28.6 Å². The maximum atomic E-state index is 6.00. The van der Waals surface area contributed by atoms with Crippen molar-refractivity contribution in [1.82, 2.24) is 15.0 Å². The second kappa shape index (κ2) is 7.46. The van der Waals surface area contributed by atoms with E-state index in [0.717, 1.165) is 35.5 Å². The van der Waals surface area contributed by atoms with Crippen LogP contribution < -0.4 is 15.4 Å². The fraction of sp³-hybridized carbons (Fsp3) is 0.438. The van der Waals surface area contributed by atoms with Crippen LogP contribution in [0.3, 0.4) is 0 Å². The molecular formula is C16H22ClN5O. The van der Waals surface area contributed by atoms with Gasteiger partial charge in [-0.25, -0.2) is 4.98 Å². The molecule has 124 valence electrons. The number of nitrogen functional groups attached to an aromatic ring is 1. The van der Waals surface area contributed by atoms with Crippen molar-refractivity contribution in [3.05, 3.63) is 34.2 Å². The molecule has 6 nitrogen and oxygen atoms in total. The molecule has 2 rings (SSSR count). The van der Waals surface area contributed by atoms with Crippen LogP contribution in [0.25, 0.3) is 0 Å². The van der Waals surface area contributed by atoms with Gasteiger partial charge >= 0.3 is 0 Å². The molecule has 23 heavy (non-hydrogen) atoms. The van der Waals surface area contributed by atoms with E-state index >= 15 is 0 Å². The lowest BCUT2D eigenvalue weighted by Gasteiger charge is -2.24. The third kappa shape index (κ3) is 4.01. The minimum Gasteiger partial charge on any atom is -0.496 e. The highest BCUT2D eigenvalue weighted by Gasteiger charge is 2.15. The fourth-order valence-electron chi connectivity index (χ4n) is 2.54. The number of methoxy groups -OCH3 is 1. The van der Waals surface area contributed by atoms with Crippen LogP contribution in [0.2, 0.25) is 5.15 Å². The van der Waals surface area contributed by atoms with Crippen molar-refractivity contribution in [3.8, 4) is 5.75 Å². The zero-order valence-electron chi connectivity index (χ0n) is 13.9. The van der Waals surface area contributed by atoms with Crippen LogP contribution in [0.1, 0.15) is 30.2 Å². The van der Waals surface area contributed by atoms with Crippen molar-refractivity contribution in [1.29, 1.82) is 0 Å². The molecule has 0 fully saturated rings. The lowest BCUT2D eigenvalue weighted by atomic mass is 10.1. The SMILES string of the molecule is CCCN(Cc1ncc(C)c(OC)c1C)c1cc(Cl)nc(N)n1. The lowest BCUT2D eigenvalue weighted by Crippen LogP contribution is -2.26. The number of rotatable bonds is 6. The number of anilines is 2. The van der Waals surface area contributed by atoms with Gasteiger partial charge in [-0.3, -0.25) is 4.98 Å². The maximum Gasteiger partial charge on any atom is 0.223 e. The molecule has 2 heterocycles. The Morgan fingerprint density at radius 3 is 2.65 bits per heavy atom. The number of halogens is 1.